The highest BCUT2D eigenvalue weighted by Crippen LogP contribution is 2.39. The summed E-state index contributed by atoms with van der Waals surface area (Å²) in [6.45, 7) is 3.52. The van der Waals surface area contributed by atoms with Crippen LogP contribution in [0.25, 0.3) is 0 Å². The molecule has 2 rings (SSSR count). The van der Waals surface area contributed by atoms with Gasteiger partial charge in [0.2, 0.25) is 0 Å². The molecular formula is C17H24F3NO. The summed E-state index contributed by atoms with van der Waals surface area (Å²) in [5, 5.41) is 9.27. The lowest BCUT2D eigenvalue weighted by atomic mass is 9.76. The Hall–Kier alpha value is -1.49. The topological polar surface area (TPSA) is 46.2 Å². The van der Waals surface area contributed by atoms with Gasteiger partial charge in [0, 0.05) is 6.42 Å². The first-order chi connectivity index (χ1) is 10.4. The van der Waals surface area contributed by atoms with Gasteiger partial charge in [-0.1, -0.05) is 25.1 Å². The van der Waals surface area contributed by atoms with Crippen LogP contribution in [0.3, 0.4) is 0 Å². The molecule has 1 aromatic carbocycles. The highest BCUT2D eigenvalue weighted by Gasteiger charge is 2.30. The van der Waals surface area contributed by atoms with Crippen LogP contribution in [0, 0.1) is 5.92 Å². The van der Waals surface area contributed by atoms with Crippen LogP contribution in [0.4, 0.5) is 13.2 Å². The molecule has 1 aliphatic rings. The lowest BCUT2D eigenvalue weighted by molar-refractivity contribution is -0.137. The lowest BCUT2D eigenvalue weighted by Gasteiger charge is -2.29. The zero-order valence-corrected chi connectivity index (χ0v) is 12.9. The Kier molecular flexibility index (Phi) is 6.94. The number of alkyl halides is 3. The standard InChI is InChI=1S/C16H19F3O.CH5N/c1-11(20)9-12-3-2-4-14(10-12)13-5-7-15(8-6-13)16(17,18)19;1-2/h5-8,12,14,20H,1-4,9-10H2;2H2,1H3. The second-order valence-electron chi connectivity index (χ2n) is 5.62. The minimum atomic E-state index is -4.28. The number of halogens is 3. The number of rotatable bonds is 3. The van der Waals surface area contributed by atoms with Crippen LogP contribution >= 0.6 is 0 Å². The average molecular weight is 315 g/mol. The molecule has 0 amide bonds. The van der Waals surface area contributed by atoms with E-state index in [1.54, 1.807) is 12.1 Å². The maximum atomic E-state index is 12.5. The van der Waals surface area contributed by atoms with Crippen molar-refractivity contribution in [3.8, 4) is 0 Å². The smallest absolute Gasteiger partial charge is 0.416 e. The third kappa shape index (κ3) is 5.37. The van der Waals surface area contributed by atoms with Gasteiger partial charge in [0.25, 0.3) is 0 Å². The van der Waals surface area contributed by atoms with E-state index in [0.29, 0.717) is 12.3 Å². The predicted octanol–water partition coefficient (Wildman–Crippen LogP) is 5.02. The summed E-state index contributed by atoms with van der Waals surface area (Å²) < 4.78 is 37.6. The zero-order chi connectivity index (χ0) is 16.8. The molecule has 3 N–H and O–H groups in total. The molecule has 2 atom stereocenters. The second kappa shape index (κ2) is 8.22. The molecule has 1 aliphatic carbocycles. The van der Waals surface area contributed by atoms with Gasteiger partial charge in [0.15, 0.2) is 0 Å². The second-order valence-corrected chi connectivity index (χ2v) is 5.62. The zero-order valence-electron chi connectivity index (χ0n) is 12.9. The molecule has 0 saturated heterocycles. The number of benzene rings is 1. The molecule has 2 unspecified atom stereocenters. The van der Waals surface area contributed by atoms with Gasteiger partial charge >= 0.3 is 6.18 Å². The van der Waals surface area contributed by atoms with E-state index in [9.17, 15) is 18.3 Å². The Labute approximate surface area is 129 Å². The van der Waals surface area contributed by atoms with Crippen LogP contribution in [-0.4, -0.2) is 12.2 Å². The van der Waals surface area contributed by atoms with Crippen molar-refractivity contribution >= 4 is 0 Å². The summed E-state index contributed by atoms with van der Waals surface area (Å²) in [4.78, 5) is 0. The molecule has 1 aromatic rings. The van der Waals surface area contributed by atoms with Crippen molar-refractivity contribution < 1.29 is 18.3 Å². The molecule has 1 saturated carbocycles. The van der Waals surface area contributed by atoms with E-state index in [2.05, 4.69) is 12.3 Å². The van der Waals surface area contributed by atoms with Gasteiger partial charge in [0.1, 0.15) is 0 Å². The molecule has 0 aromatic heterocycles. The van der Waals surface area contributed by atoms with Crippen molar-refractivity contribution in [1.29, 1.82) is 0 Å². The first-order valence-corrected chi connectivity index (χ1v) is 7.48. The number of allylic oxidation sites excluding steroid dienone is 1. The molecule has 5 heteroatoms. The third-order valence-corrected chi connectivity index (χ3v) is 4.02. The summed E-state index contributed by atoms with van der Waals surface area (Å²) in [6.07, 6.45) is 0.324. The fourth-order valence-corrected chi connectivity index (χ4v) is 3.06. The molecule has 22 heavy (non-hydrogen) atoms. The first-order valence-electron chi connectivity index (χ1n) is 7.48. The lowest BCUT2D eigenvalue weighted by Crippen LogP contribution is -2.15. The van der Waals surface area contributed by atoms with E-state index in [4.69, 9.17) is 0 Å². The Morgan fingerprint density at radius 1 is 1.23 bits per heavy atom. The van der Waals surface area contributed by atoms with E-state index >= 15 is 0 Å². The number of aliphatic hydroxyl groups is 1. The Bertz CT molecular complexity index is 468. The van der Waals surface area contributed by atoms with Crippen molar-refractivity contribution in [2.45, 2.75) is 44.2 Å². The van der Waals surface area contributed by atoms with Gasteiger partial charge < -0.3 is 10.8 Å². The number of nitrogens with two attached hydrogens (primary N) is 1. The molecule has 0 aliphatic heterocycles. The molecule has 1 fully saturated rings. The normalized spacial score (nSPS) is 21.7. The van der Waals surface area contributed by atoms with E-state index in [1.807, 2.05) is 0 Å². The summed E-state index contributed by atoms with van der Waals surface area (Å²) in [5.41, 5.74) is 4.86. The summed E-state index contributed by atoms with van der Waals surface area (Å²) in [6, 6.07) is 5.49. The van der Waals surface area contributed by atoms with Gasteiger partial charge in [-0.05, 0) is 55.8 Å². The Morgan fingerprint density at radius 2 is 1.82 bits per heavy atom. The van der Waals surface area contributed by atoms with E-state index in [1.165, 1.54) is 7.05 Å². The maximum Gasteiger partial charge on any atom is 0.416 e. The molecule has 0 radical (unpaired) electrons. The van der Waals surface area contributed by atoms with Gasteiger partial charge in [-0.15, -0.1) is 0 Å². The third-order valence-electron chi connectivity index (χ3n) is 4.02. The van der Waals surface area contributed by atoms with Crippen molar-refractivity contribution in [2.24, 2.45) is 11.7 Å². The van der Waals surface area contributed by atoms with Gasteiger partial charge in [-0.3, -0.25) is 0 Å². The van der Waals surface area contributed by atoms with Crippen molar-refractivity contribution in [3.05, 3.63) is 47.7 Å². The SMILES string of the molecule is C=C(O)CC1CCCC(c2ccc(C(F)(F)F)cc2)C1.CN. The number of hydrogen-bond acceptors (Lipinski definition) is 2. The number of hydrogen-bond donors (Lipinski definition) is 2. The predicted molar refractivity (Wildman–Crippen MR) is 82.6 cm³/mol. The molecule has 0 bridgehead atoms. The Morgan fingerprint density at radius 3 is 2.32 bits per heavy atom. The molecule has 2 nitrogen and oxygen atoms in total. The minimum Gasteiger partial charge on any atom is -0.513 e. The van der Waals surface area contributed by atoms with Crippen LogP contribution in [0.1, 0.15) is 49.1 Å². The highest BCUT2D eigenvalue weighted by molar-refractivity contribution is 5.27. The minimum absolute atomic E-state index is 0.197. The molecular weight excluding hydrogens is 291 g/mol. The first kappa shape index (κ1) is 18.6. The fraction of sp³-hybridized carbons (Fsp3) is 0.529. The quantitative estimate of drug-likeness (QED) is 0.770. The molecule has 0 heterocycles. The highest BCUT2D eigenvalue weighted by atomic mass is 19.4. The molecule has 0 spiro atoms. The van der Waals surface area contributed by atoms with Crippen LogP contribution in [-0.2, 0) is 6.18 Å². The maximum absolute atomic E-state index is 12.5. The van der Waals surface area contributed by atoms with E-state index < -0.39 is 11.7 Å². The van der Waals surface area contributed by atoms with Crippen LogP contribution < -0.4 is 5.73 Å². The van der Waals surface area contributed by atoms with Gasteiger partial charge in [-0.25, -0.2) is 0 Å². The van der Waals surface area contributed by atoms with Gasteiger partial charge in [-0.2, -0.15) is 13.2 Å². The van der Waals surface area contributed by atoms with Gasteiger partial charge in [0.05, 0.1) is 11.3 Å². The van der Waals surface area contributed by atoms with Crippen LogP contribution in [0.15, 0.2) is 36.6 Å². The monoisotopic (exact) mass is 315 g/mol. The Balaban J connectivity index is 0.00000116. The summed E-state index contributed by atoms with van der Waals surface area (Å²) >= 11 is 0. The largest absolute Gasteiger partial charge is 0.513 e. The van der Waals surface area contributed by atoms with Crippen molar-refractivity contribution in [1.82, 2.24) is 0 Å². The summed E-state index contributed by atoms with van der Waals surface area (Å²) in [7, 11) is 1.50. The van der Waals surface area contributed by atoms with Crippen molar-refractivity contribution in [2.75, 3.05) is 7.05 Å². The molecule has 124 valence electrons. The van der Waals surface area contributed by atoms with Crippen molar-refractivity contribution in [3.63, 3.8) is 0 Å². The van der Waals surface area contributed by atoms with E-state index in [0.717, 1.165) is 43.4 Å². The fourth-order valence-electron chi connectivity index (χ4n) is 3.06. The summed E-state index contributed by atoms with van der Waals surface area (Å²) in [5.74, 6) is 0.868. The number of aliphatic hydroxyl groups excluding tert-OH is 1. The van der Waals surface area contributed by atoms with Crippen LogP contribution in [0.2, 0.25) is 0 Å². The van der Waals surface area contributed by atoms with Crippen LogP contribution in [0.5, 0.6) is 0 Å². The van der Waals surface area contributed by atoms with E-state index in [-0.39, 0.29) is 11.7 Å². The average Bonchev–Trinajstić information content (AvgIpc) is 2.48.